The number of amides is 2. The number of carbonyl (C=O) groups excluding carboxylic acids is 3. The molecule has 2 aromatic rings. The number of thiazole rings is 1. The average molecular weight is 558 g/mol. The highest BCUT2D eigenvalue weighted by molar-refractivity contribution is 8.00. The van der Waals surface area contributed by atoms with Gasteiger partial charge in [0, 0.05) is 17.3 Å². The van der Waals surface area contributed by atoms with Gasteiger partial charge in [0.05, 0.1) is 12.7 Å². The number of nitrogens with two attached hydrogens (primary N) is 1. The summed E-state index contributed by atoms with van der Waals surface area (Å²) in [6.45, 7) is 2.03. The van der Waals surface area contributed by atoms with Crippen molar-refractivity contribution in [2.45, 2.75) is 24.8 Å². The summed E-state index contributed by atoms with van der Waals surface area (Å²) in [7, 11) is 2.93. The molecule has 1 aromatic carbocycles. The number of aromatic nitrogens is 1. The third kappa shape index (κ3) is 6.17. The van der Waals surface area contributed by atoms with Gasteiger partial charge in [0.2, 0.25) is 0 Å². The van der Waals surface area contributed by atoms with Crippen molar-refractivity contribution in [2.75, 3.05) is 32.3 Å². The standard InChI is InChI=1S/C25H27N5O6S2/c1-14(7-8-15-5-4-6-17(9-15)34-2)11-36-24(33)16-10-30-22(32)20(23(30)37-12-16)28-21(31)19(29-35-3)18-13-38-25(26)27-18/h4-7,9-10,13,20,23H,8,11-12H2,1-3H3,(H2,26,27)(H,28,31)/t20?,23-/m1/s1. The monoisotopic (exact) mass is 557 g/mol. The van der Waals surface area contributed by atoms with E-state index < -0.39 is 17.9 Å². The molecule has 0 bridgehead atoms. The van der Waals surface area contributed by atoms with Crippen LogP contribution in [0.15, 0.2) is 58.2 Å². The summed E-state index contributed by atoms with van der Waals surface area (Å²) in [6.07, 6.45) is 4.17. The minimum atomic E-state index is -0.777. The first kappa shape index (κ1) is 27.2. The molecule has 0 aliphatic carbocycles. The number of nitrogens with one attached hydrogen (secondary N) is 1. The lowest BCUT2D eigenvalue weighted by Crippen LogP contribution is -2.69. The van der Waals surface area contributed by atoms with Crippen molar-refractivity contribution in [3.05, 3.63) is 64.3 Å². The maximum atomic E-state index is 12.8. The maximum Gasteiger partial charge on any atom is 0.336 e. The van der Waals surface area contributed by atoms with Gasteiger partial charge in [-0.05, 0) is 36.6 Å². The molecule has 3 N–H and O–H groups in total. The quantitative estimate of drug-likeness (QED) is 0.147. The SMILES string of the molecule is CON=C(C(=O)NC1C(=O)N2C=C(C(=O)OCC(C)=CCc3cccc(OC)c3)CS[C@H]12)c1csc(N)n1. The zero-order valence-electron chi connectivity index (χ0n) is 21.0. The zero-order chi connectivity index (χ0) is 27.2. The predicted molar refractivity (Wildman–Crippen MR) is 145 cm³/mol. The topological polar surface area (TPSA) is 145 Å². The van der Waals surface area contributed by atoms with Crippen LogP contribution in [-0.4, -0.2) is 71.4 Å². The second-order valence-electron chi connectivity index (χ2n) is 8.43. The Hall–Kier alpha value is -3.84. The van der Waals surface area contributed by atoms with Gasteiger partial charge in [-0.25, -0.2) is 9.78 Å². The molecule has 11 nitrogen and oxygen atoms in total. The van der Waals surface area contributed by atoms with E-state index in [2.05, 4.69) is 15.5 Å². The van der Waals surface area contributed by atoms with E-state index >= 15 is 0 Å². The first-order chi connectivity index (χ1) is 18.3. The number of thioether (sulfide) groups is 1. The van der Waals surface area contributed by atoms with Crippen LogP contribution in [0.4, 0.5) is 5.13 Å². The molecule has 2 aliphatic heterocycles. The van der Waals surface area contributed by atoms with E-state index in [4.69, 9.17) is 20.0 Å². The Morgan fingerprint density at radius 1 is 1.34 bits per heavy atom. The third-order valence-corrected chi connectivity index (χ3v) is 7.74. The fraction of sp³-hybridized carbons (Fsp3) is 0.320. The second kappa shape index (κ2) is 12.1. The molecule has 2 aliphatic rings. The molecule has 2 amide bonds. The molecule has 2 atom stereocenters. The summed E-state index contributed by atoms with van der Waals surface area (Å²) in [5.74, 6) is -0.309. The Bertz CT molecular complexity index is 1320. The summed E-state index contributed by atoms with van der Waals surface area (Å²) in [5.41, 5.74) is 8.19. The highest BCUT2D eigenvalue weighted by atomic mass is 32.2. The number of nitrogens with zero attached hydrogens (tertiary/aromatic N) is 3. The first-order valence-corrected chi connectivity index (χ1v) is 13.5. The lowest BCUT2D eigenvalue weighted by Gasteiger charge is -2.47. The molecular weight excluding hydrogens is 530 g/mol. The summed E-state index contributed by atoms with van der Waals surface area (Å²) in [6, 6.07) is 6.98. The average Bonchev–Trinajstić information content (AvgIpc) is 3.37. The molecule has 0 radical (unpaired) electrons. The molecule has 1 saturated heterocycles. The Morgan fingerprint density at radius 3 is 2.87 bits per heavy atom. The fourth-order valence-corrected chi connectivity index (χ4v) is 5.54. The van der Waals surface area contributed by atoms with Gasteiger partial charge in [-0.3, -0.25) is 9.59 Å². The number of rotatable bonds is 10. The van der Waals surface area contributed by atoms with Crippen molar-refractivity contribution in [2.24, 2.45) is 5.16 Å². The number of hydrogen-bond donors (Lipinski definition) is 2. The van der Waals surface area contributed by atoms with Crippen LogP contribution in [0.5, 0.6) is 5.75 Å². The molecule has 1 fully saturated rings. The predicted octanol–water partition coefficient (Wildman–Crippen LogP) is 2.10. The van der Waals surface area contributed by atoms with Crippen LogP contribution in [0, 0.1) is 0 Å². The number of ether oxygens (including phenoxy) is 2. The van der Waals surface area contributed by atoms with Gasteiger partial charge in [-0.2, -0.15) is 0 Å². The maximum absolute atomic E-state index is 12.8. The zero-order valence-corrected chi connectivity index (χ0v) is 22.6. The Labute approximate surface area is 227 Å². The number of β-lactam (4-membered cyclic amide) rings is 1. The van der Waals surface area contributed by atoms with Crippen molar-refractivity contribution in [1.29, 1.82) is 0 Å². The lowest BCUT2D eigenvalue weighted by atomic mass is 10.1. The minimum absolute atomic E-state index is 0.0813. The van der Waals surface area contributed by atoms with Crippen LogP contribution in [0.2, 0.25) is 0 Å². The van der Waals surface area contributed by atoms with Crippen LogP contribution < -0.4 is 15.8 Å². The number of anilines is 1. The Balaban J connectivity index is 1.30. The number of esters is 1. The minimum Gasteiger partial charge on any atom is -0.497 e. The highest BCUT2D eigenvalue weighted by Crippen LogP contribution is 2.36. The van der Waals surface area contributed by atoms with Gasteiger partial charge in [0.25, 0.3) is 11.8 Å². The van der Waals surface area contributed by atoms with E-state index in [9.17, 15) is 14.4 Å². The van der Waals surface area contributed by atoms with E-state index in [1.807, 2.05) is 37.3 Å². The molecule has 38 heavy (non-hydrogen) atoms. The number of allylic oxidation sites excluding steroid dienone is 1. The number of nitrogen functional groups attached to an aromatic ring is 1. The van der Waals surface area contributed by atoms with Crippen molar-refractivity contribution in [1.82, 2.24) is 15.2 Å². The Kier molecular flexibility index (Phi) is 8.69. The van der Waals surface area contributed by atoms with Gasteiger partial charge < -0.3 is 30.3 Å². The van der Waals surface area contributed by atoms with Crippen molar-refractivity contribution < 1.29 is 28.7 Å². The third-order valence-electron chi connectivity index (χ3n) is 5.75. The van der Waals surface area contributed by atoms with Crippen molar-refractivity contribution in [3.63, 3.8) is 0 Å². The molecule has 1 aromatic heterocycles. The summed E-state index contributed by atoms with van der Waals surface area (Å²) >= 11 is 2.52. The van der Waals surface area contributed by atoms with E-state index in [-0.39, 0.29) is 34.4 Å². The molecule has 13 heteroatoms. The summed E-state index contributed by atoms with van der Waals surface area (Å²) in [5, 5.41) is 7.91. The lowest BCUT2D eigenvalue weighted by molar-refractivity contribution is -0.144. The van der Waals surface area contributed by atoms with E-state index in [0.29, 0.717) is 17.7 Å². The molecule has 200 valence electrons. The van der Waals surface area contributed by atoms with Gasteiger partial charge in [0.15, 0.2) is 10.8 Å². The summed E-state index contributed by atoms with van der Waals surface area (Å²) in [4.78, 5) is 48.4. The number of oxime groups is 1. The van der Waals surface area contributed by atoms with E-state index in [1.54, 1.807) is 12.5 Å². The Morgan fingerprint density at radius 2 is 2.16 bits per heavy atom. The number of hydrogen-bond acceptors (Lipinski definition) is 11. The van der Waals surface area contributed by atoms with E-state index in [0.717, 1.165) is 28.2 Å². The van der Waals surface area contributed by atoms with Gasteiger partial charge in [-0.15, -0.1) is 23.1 Å². The molecular formula is C25H27N5O6S2. The molecule has 3 heterocycles. The molecule has 4 rings (SSSR count). The van der Waals surface area contributed by atoms with Crippen LogP contribution in [0.25, 0.3) is 0 Å². The number of carbonyl (C=O) groups is 3. The molecule has 1 unspecified atom stereocenters. The normalized spacial score (nSPS) is 19.2. The van der Waals surface area contributed by atoms with E-state index in [1.165, 1.54) is 30.0 Å². The van der Waals surface area contributed by atoms with Gasteiger partial charge in [-0.1, -0.05) is 23.4 Å². The van der Waals surface area contributed by atoms with Crippen LogP contribution >= 0.6 is 23.1 Å². The highest BCUT2D eigenvalue weighted by Gasteiger charge is 2.50. The molecule has 0 saturated carbocycles. The first-order valence-electron chi connectivity index (χ1n) is 11.5. The number of methoxy groups -OCH3 is 1. The van der Waals surface area contributed by atoms with Crippen LogP contribution in [0.1, 0.15) is 18.2 Å². The van der Waals surface area contributed by atoms with Crippen molar-refractivity contribution >= 4 is 51.7 Å². The number of fused-ring (bicyclic) bond motifs is 1. The smallest absolute Gasteiger partial charge is 0.336 e. The van der Waals surface area contributed by atoms with Crippen LogP contribution in [0.3, 0.4) is 0 Å². The number of benzene rings is 1. The van der Waals surface area contributed by atoms with Crippen LogP contribution in [-0.2, 0) is 30.4 Å². The van der Waals surface area contributed by atoms with Gasteiger partial charge in [0.1, 0.15) is 36.6 Å². The second-order valence-corrected chi connectivity index (χ2v) is 10.4. The largest absolute Gasteiger partial charge is 0.497 e. The molecule has 0 spiro atoms. The fourth-order valence-electron chi connectivity index (χ4n) is 3.75. The van der Waals surface area contributed by atoms with Gasteiger partial charge >= 0.3 is 5.97 Å². The van der Waals surface area contributed by atoms with Crippen molar-refractivity contribution in [3.8, 4) is 5.75 Å². The summed E-state index contributed by atoms with van der Waals surface area (Å²) < 4.78 is 10.7.